The van der Waals surface area contributed by atoms with Gasteiger partial charge in [0.05, 0.1) is 10.6 Å². The maximum atomic E-state index is 13.4. The summed E-state index contributed by atoms with van der Waals surface area (Å²) in [5.74, 6) is 0.327. The average molecular weight is 368 g/mol. The molecule has 0 atom stereocenters. The summed E-state index contributed by atoms with van der Waals surface area (Å²) in [6.07, 6.45) is 0. The van der Waals surface area contributed by atoms with Crippen LogP contribution in [-0.2, 0) is 0 Å². The Balaban J connectivity index is 2.19. The van der Waals surface area contributed by atoms with Gasteiger partial charge >= 0.3 is 0 Å². The Morgan fingerprint density at radius 2 is 1.95 bits per heavy atom. The van der Waals surface area contributed by atoms with E-state index >= 15 is 0 Å². The lowest BCUT2D eigenvalue weighted by Gasteiger charge is -2.04. The lowest BCUT2D eigenvalue weighted by atomic mass is 10.0. The molecule has 21 heavy (non-hydrogen) atoms. The zero-order chi connectivity index (χ0) is 15.0. The van der Waals surface area contributed by atoms with Crippen molar-refractivity contribution < 1.29 is 8.91 Å². The van der Waals surface area contributed by atoms with Gasteiger partial charge in [0.1, 0.15) is 5.82 Å². The third-order valence-electron chi connectivity index (χ3n) is 3.01. The molecule has 0 bridgehead atoms. The molecule has 6 heteroatoms. The van der Waals surface area contributed by atoms with E-state index in [1.807, 2.05) is 0 Å². The van der Waals surface area contributed by atoms with Crippen LogP contribution in [0.5, 0.6) is 0 Å². The van der Waals surface area contributed by atoms with Crippen molar-refractivity contribution in [2.75, 3.05) is 5.73 Å². The number of anilines is 1. The molecule has 0 saturated carbocycles. The number of nitrogen functional groups attached to an aromatic ring is 1. The van der Waals surface area contributed by atoms with Gasteiger partial charge in [-0.1, -0.05) is 28.9 Å². The van der Waals surface area contributed by atoms with Crippen LogP contribution in [0.2, 0.25) is 5.02 Å². The fraction of sp³-hybridized carbons (Fsp3) is 0. The number of nitrogens with two attached hydrogens (primary N) is 1. The van der Waals surface area contributed by atoms with Crippen LogP contribution in [0.4, 0.5) is 10.2 Å². The molecule has 3 aromatic rings. The summed E-state index contributed by atoms with van der Waals surface area (Å²) in [7, 11) is 0. The summed E-state index contributed by atoms with van der Waals surface area (Å²) < 4.78 is 19.5. The van der Waals surface area contributed by atoms with Crippen molar-refractivity contribution >= 4 is 33.3 Å². The smallest absolute Gasteiger partial charge is 0.176 e. The maximum Gasteiger partial charge on any atom is 0.176 e. The van der Waals surface area contributed by atoms with Gasteiger partial charge in [-0.2, -0.15) is 0 Å². The van der Waals surface area contributed by atoms with Crippen LogP contribution in [0.15, 0.2) is 51.5 Å². The van der Waals surface area contributed by atoms with E-state index in [4.69, 9.17) is 21.9 Å². The van der Waals surface area contributed by atoms with Crippen LogP contribution in [0.25, 0.3) is 22.5 Å². The number of aromatic nitrogens is 1. The number of nitrogens with zero attached hydrogens (tertiary/aromatic N) is 1. The van der Waals surface area contributed by atoms with E-state index in [1.54, 1.807) is 30.3 Å². The molecule has 0 radical (unpaired) electrons. The highest BCUT2D eigenvalue weighted by Gasteiger charge is 2.18. The van der Waals surface area contributed by atoms with E-state index in [0.29, 0.717) is 21.9 Å². The number of rotatable bonds is 2. The Labute approximate surface area is 133 Å². The standard InChI is InChI=1S/C15H9BrClFN2O/c16-11-7-9(4-5-12(11)17)14-13(15(19)20-21-14)8-2-1-3-10(18)6-8/h1-7H,(H2,19,20). The van der Waals surface area contributed by atoms with Gasteiger partial charge in [0.25, 0.3) is 0 Å². The molecule has 1 heterocycles. The highest BCUT2D eigenvalue weighted by Crippen LogP contribution is 2.38. The first kappa shape index (κ1) is 14.1. The molecule has 3 rings (SSSR count). The summed E-state index contributed by atoms with van der Waals surface area (Å²) in [5, 5.41) is 4.37. The van der Waals surface area contributed by atoms with Crippen LogP contribution in [0.1, 0.15) is 0 Å². The van der Waals surface area contributed by atoms with Gasteiger partial charge in [0.2, 0.25) is 0 Å². The van der Waals surface area contributed by atoms with Crippen molar-refractivity contribution in [2.24, 2.45) is 0 Å². The topological polar surface area (TPSA) is 52.0 Å². The highest BCUT2D eigenvalue weighted by molar-refractivity contribution is 9.10. The molecule has 1 aromatic heterocycles. The van der Waals surface area contributed by atoms with E-state index in [1.165, 1.54) is 12.1 Å². The first-order valence-corrected chi connectivity index (χ1v) is 7.20. The third-order valence-corrected chi connectivity index (χ3v) is 4.23. The molecule has 0 aliphatic heterocycles. The fourth-order valence-corrected chi connectivity index (χ4v) is 2.56. The number of hydrogen-bond donors (Lipinski definition) is 1. The zero-order valence-corrected chi connectivity index (χ0v) is 13.0. The van der Waals surface area contributed by atoms with E-state index in [0.717, 1.165) is 10.0 Å². The minimum atomic E-state index is -0.351. The van der Waals surface area contributed by atoms with Crippen LogP contribution >= 0.6 is 27.5 Å². The van der Waals surface area contributed by atoms with Gasteiger partial charge in [0, 0.05) is 10.0 Å². The molecule has 0 aliphatic carbocycles. The number of halogens is 3. The molecule has 0 aliphatic rings. The Morgan fingerprint density at radius 1 is 1.14 bits per heavy atom. The van der Waals surface area contributed by atoms with E-state index in [9.17, 15) is 4.39 Å². The summed E-state index contributed by atoms with van der Waals surface area (Å²) in [4.78, 5) is 0. The van der Waals surface area contributed by atoms with Crippen LogP contribution in [0.3, 0.4) is 0 Å². The van der Waals surface area contributed by atoms with Crippen LogP contribution in [0, 0.1) is 5.82 Å². The van der Waals surface area contributed by atoms with Crippen molar-refractivity contribution in [3.05, 3.63) is 57.8 Å². The molecule has 0 spiro atoms. The lowest BCUT2D eigenvalue weighted by Crippen LogP contribution is -1.89. The van der Waals surface area contributed by atoms with Gasteiger partial charge in [-0.05, 0) is 51.8 Å². The quantitative estimate of drug-likeness (QED) is 0.682. The summed E-state index contributed by atoms with van der Waals surface area (Å²) in [6, 6.07) is 11.4. The number of hydrogen-bond acceptors (Lipinski definition) is 3. The minimum absolute atomic E-state index is 0.210. The number of benzene rings is 2. The minimum Gasteiger partial charge on any atom is -0.380 e. The van der Waals surface area contributed by atoms with Crippen LogP contribution < -0.4 is 5.73 Å². The van der Waals surface area contributed by atoms with Gasteiger partial charge in [-0.15, -0.1) is 0 Å². The van der Waals surface area contributed by atoms with Crippen LogP contribution in [-0.4, -0.2) is 5.16 Å². The predicted octanol–water partition coefficient (Wildman–Crippen LogP) is 5.15. The van der Waals surface area contributed by atoms with Crippen molar-refractivity contribution in [1.82, 2.24) is 5.16 Å². The Kier molecular flexibility index (Phi) is 3.69. The second-order valence-corrected chi connectivity index (χ2v) is 5.67. The molecular weight excluding hydrogens is 359 g/mol. The van der Waals surface area contributed by atoms with E-state index in [-0.39, 0.29) is 11.6 Å². The van der Waals surface area contributed by atoms with Gasteiger partial charge in [-0.3, -0.25) is 0 Å². The monoisotopic (exact) mass is 366 g/mol. The van der Waals surface area contributed by atoms with Crippen molar-refractivity contribution in [3.8, 4) is 22.5 Å². The van der Waals surface area contributed by atoms with Gasteiger partial charge < -0.3 is 10.3 Å². The molecule has 106 valence electrons. The second-order valence-electron chi connectivity index (χ2n) is 4.41. The van der Waals surface area contributed by atoms with Gasteiger partial charge in [-0.25, -0.2) is 4.39 Å². The normalized spacial score (nSPS) is 10.8. The fourth-order valence-electron chi connectivity index (χ4n) is 2.06. The molecule has 2 N–H and O–H groups in total. The summed E-state index contributed by atoms with van der Waals surface area (Å²) >= 11 is 9.34. The van der Waals surface area contributed by atoms with Crippen molar-refractivity contribution in [3.63, 3.8) is 0 Å². The SMILES string of the molecule is Nc1noc(-c2ccc(Cl)c(Br)c2)c1-c1cccc(F)c1. The molecule has 0 saturated heterocycles. The summed E-state index contributed by atoms with van der Waals surface area (Å²) in [6.45, 7) is 0. The predicted molar refractivity (Wildman–Crippen MR) is 84.5 cm³/mol. The van der Waals surface area contributed by atoms with E-state index < -0.39 is 0 Å². The second kappa shape index (κ2) is 5.50. The third kappa shape index (κ3) is 2.66. The largest absolute Gasteiger partial charge is 0.380 e. The maximum absolute atomic E-state index is 13.4. The molecular formula is C15H9BrClFN2O. The van der Waals surface area contributed by atoms with Crippen molar-refractivity contribution in [1.29, 1.82) is 0 Å². The average Bonchev–Trinajstić information content (AvgIpc) is 2.84. The summed E-state index contributed by atoms with van der Waals surface area (Å²) in [5.41, 5.74) is 7.77. The zero-order valence-electron chi connectivity index (χ0n) is 10.6. The Morgan fingerprint density at radius 3 is 2.67 bits per heavy atom. The molecule has 0 fully saturated rings. The van der Waals surface area contributed by atoms with E-state index in [2.05, 4.69) is 21.1 Å². The Bertz CT molecular complexity index is 819. The first-order chi connectivity index (χ1) is 10.1. The highest BCUT2D eigenvalue weighted by atomic mass is 79.9. The lowest BCUT2D eigenvalue weighted by molar-refractivity contribution is 0.436. The van der Waals surface area contributed by atoms with Gasteiger partial charge in [0.15, 0.2) is 11.6 Å². The van der Waals surface area contributed by atoms with Crippen molar-refractivity contribution in [2.45, 2.75) is 0 Å². The molecule has 0 unspecified atom stereocenters. The molecule has 2 aromatic carbocycles. The molecule has 0 amide bonds. The first-order valence-electron chi connectivity index (χ1n) is 6.03. The molecule has 3 nitrogen and oxygen atoms in total. The Hall–Kier alpha value is -1.85.